The summed E-state index contributed by atoms with van der Waals surface area (Å²) in [6.45, 7) is 2.99. The van der Waals surface area contributed by atoms with Gasteiger partial charge < -0.3 is 14.8 Å². The number of aliphatic hydroxyl groups excluding tert-OH is 2. The Morgan fingerprint density at radius 1 is 0.776 bits per heavy atom. The fourth-order valence-electron chi connectivity index (χ4n) is 7.60. The lowest BCUT2D eigenvalue weighted by Gasteiger charge is -2.10. The summed E-state index contributed by atoms with van der Waals surface area (Å²) in [7, 11) is -4.38. The molecule has 8 rings (SSSR count). The minimum absolute atomic E-state index is 0. The molecule has 0 aliphatic carbocycles. The Bertz CT molecular complexity index is 2430. The fourth-order valence-corrected chi connectivity index (χ4v) is 8.08. The third kappa shape index (κ3) is 4.89. The van der Waals surface area contributed by atoms with E-state index in [4.69, 9.17) is 0 Å². The molecule has 0 amide bonds. The van der Waals surface area contributed by atoms with Crippen LogP contribution in [0.5, 0.6) is 0 Å². The third-order valence-electron chi connectivity index (χ3n) is 9.45. The number of para-hydroxylation sites is 4. The quantitative estimate of drug-likeness (QED) is 0.138. The van der Waals surface area contributed by atoms with Crippen LogP contribution < -0.4 is 13.7 Å². The van der Waals surface area contributed by atoms with E-state index in [-0.39, 0.29) is 27.1 Å². The van der Waals surface area contributed by atoms with Crippen LogP contribution in [-0.4, -0.2) is 38.1 Å². The summed E-state index contributed by atoms with van der Waals surface area (Å²) in [6, 6.07) is 28.1. The van der Waals surface area contributed by atoms with Crippen molar-refractivity contribution in [3.63, 3.8) is 0 Å². The van der Waals surface area contributed by atoms with E-state index in [9.17, 15) is 23.2 Å². The Hall–Kier alpha value is -4.86. The van der Waals surface area contributed by atoms with E-state index in [0.29, 0.717) is 23.2 Å². The Labute approximate surface area is 285 Å². The molecule has 0 saturated heterocycles. The van der Waals surface area contributed by atoms with Gasteiger partial charge in [-0.15, -0.1) is 9.13 Å². The molecular weight excluding hydrogens is 639 g/mol. The van der Waals surface area contributed by atoms with E-state index in [1.807, 2.05) is 36.4 Å². The van der Waals surface area contributed by atoms with Gasteiger partial charge in [0.1, 0.15) is 0 Å². The van der Waals surface area contributed by atoms with Crippen LogP contribution in [-0.2, 0) is 42.2 Å². The number of aliphatic hydroxyl groups is 2. The first-order chi connectivity index (χ1) is 23.3. The number of hydrogen-bond donors (Lipinski definition) is 2. The van der Waals surface area contributed by atoms with E-state index in [0.717, 1.165) is 64.5 Å². The summed E-state index contributed by atoms with van der Waals surface area (Å²) in [6.07, 6.45) is 2.21. The minimum Gasteiger partial charge on any atom is -0.748 e. The Morgan fingerprint density at radius 2 is 1.31 bits per heavy atom. The van der Waals surface area contributed by atoms with Gasteiger partial charge in [0, 0.05) is 23.4 Å². The molecule has 5 heterocycles. The highest BCUT2D eigenvalue weighted by atomic mass is 32.2. The number of nitrogens with zero attached hydrogens (tertiary/aromatic N) is 5. The number of aryl methyl sites for hydroxylation is 2. The molecule has 6 aromatic rings. The van der Waals surface area contributed by atoms with Gasteiger partial charge in [-0.2, -0.15) is 0 Å². The smallest absolute Gasteiger partial charge is 0.528 e. The SMILES string of the molecule is C.CCCC[n+]1c2n(c3ccccc31)C1(C#Cc3cc(CO)cc(CO)c3)n3c([n+](CCCS(=O)(=O)[O-])c4ccccc43)-c3cccc-2[n+]31. The first-order valence-corrected chi connectivity index (χ1v) is 17.8. The van der Waals surface area contributed by atoms with Gasteiger partial charge in [0.15, 0.2) is 22.1 Å². The largest absolute Gasteiger partial charge is 0.748 e. The lowest BCUT2D eigenvalue weighted by atomic mass is 10.1. The Balaban J connectivity index is 0.00000378. The van der Waals surface area contributed by atoms with E-state index in [2.05, 4.69) is 84.1 Å². The summed E-state index contributed by atoms with van der Waals surface area (Å²) in [4.78, 5) is 0. The van der Waals surface area contributed by atoms with Crippen LogP contribution in [0, 0.1) is 11.8 Å². The normalized spacial score (nSPS) is 15.5. The van der Waals surface area contributed by atoms with Gasteiger partial charge in [0.2, 0.25) is 0 Å². The standard InChI is InChI=1S/C37H35N5O5S.CH4/c1-2-3-18-38-29-10-4-6-12-31(29)41-35(38)33-14-8-15-34-36-39(19-9-20-48(45,46)47)30-11-5-7-13-32(30)42(36)37(41,40(33)34)17-16-26-21-27(24-43)23-28(22-26)25-44;/h4-8,10-15,21-23,43-44H,2-3,9,18-20,24-25H2,1H3;1H4/q+2;. The van der Waals surface area contributed by atoms with Gasteiger partial charge in [-0.05, 0) is 66.4 Å². The molecule has 3 aromatic heterocycles. The van der Waals surface area contributed by atoms with E-state index in [1.165, 1.54) is 0 Å². The molecule has 2 aliphatic rings. The van der Waals surface area contributed by atoms with Crippen LogP contribution in [0.25, 0.3) is 45.1 Å². The molecule has 49 heavy (non-hydrogen) atoms. The topological polar surface area (TPSA) is 119 Å². The van der Waals surface area contributed by atoms with Crippen LogP contribution in [0.1, 0.15) is 50.3 Å². The molecule has 2 aliphatic heterocycles. The Kier molecular flexibility index (Phi) is 8.16. The molecule has 0 fully saturated rings. The third-order valence-corrected chi connectivity index (χ3v) is 10.2. The van der Waals surface area contributed by atoms with Gasteiger partial charge >= 0.3 is 28.8 Å². The van der Waals surface area contributed by atoms with Gasteiger partial charge in [-0.25, -0.2) is 17.6 Å². The highest BCUT2D eigenvalue weighted by molar-refractivity contribution is 7.85. The fraction of sp³-hybridized carbons (Fsp3) is 0.289. The van der Waals surface area contributed by atoms with Crippen molar-refractivity contribution in [2.45, 2.75) is 65.7 Å². The first-order valence-electron chi connectivity index (χ1n) is 16.3. The molecule has 2 N–H and O–H groups in total. The summed E-state index contributed by atoms with van der Waals surface area (Å²) in [5, 5.41) is 20.0. The van der Waals surface area contributed by atoms with Crippen molar-refractivity contribution in [2.24, 2.45) is 0 Å². The molecule has 10 nitrogen and oxygen atoms in total. The van der Waals surface area contributed by atoms with Gasteiger partial charge in [0.05, 0.1) is 42.3 Å². The molecule has 0 saturated carbocycles. The number of hydrogen-bond acceptors (Lipinski definition) is 5. The second kappa shape index (κ2) is 12.2. The number of aromatic nitrogens is 5. The van der Waals surface area contributed by atoms with Crippen molar-refractivity contribution in [3.8, 4) is 34.9 Å². The second-order valence-electron chi connectivity index (χ2n) is 12.4. The van der Waals surface area contributed by atoms with Crippen molar-refractivity contribution < 1.29 is 36.9 Å². The van der Waals surface area contributed by atoms with Crippen molar-refractivity contribution >= 4 is 32.2 Å². The number of imidazole rings is 2. The van der Waals surface area contributed by atoms with Crippen molar-refractivity contribution in [3.05, 3.63) is 102 Å². The minimum atomic E-state index is -4.38. The maximum Gasteiger partial charge on any atom is 0.528 e. The van der Waals surface area contributed by atoms with Crippen LogP contribution in [0.4, 0.5) is 0 Å². The Morgan fingerprint density at radius 3 is 1.82 bits per heavy atom. The predicted molar refractivity (Wildman–Crippen MR) is 184 cm³/mol. The van der Waals surface area contributed by atoms with E-state index >= 15 is 0 Å². The molecule has 1 unspecified atom stereocenters. The average Bonchev–Trinajstić information content (AvgIpc) is 3.78. The van der Waals surface area contributed by atoms with Crippen LogP contribution in [0.15, 0.2) is 84.9 Å². The number of benzene rings is 3. The predicted octanol–water partition coefficient (Wildman–Crippen LogP) is 3.53. The zero-order chi connectivity index (χ0) is 33.2. The highest BCUT2D eigenvalue weighted by Gasteiger charge is 2.73. The monoisotopic (exact) mass is 677 g/mol. The van der Waals surface area contributed by atoms with Gasteiger partial charge in [0.25, 0.3) is 0 Å². The number of fused-ring (bicyclic) bond motifs is 10. The molecule has 0 spiro atoms. The summed E-state index contributed by atoms with van der Waals surface area (Å²) >= 11 is 0. The van der Waals surface area contributed by atoms with Crippen molar-refractivity contribution in [1.82, 2.24) is 9.13 Å². The maximum absolute atomic E-state index is 11.6. The molecule has 0 bridgehead atoms. The van der Waals surface area contributed by atoms with Gasteiger partial charge in [-0.1, -0.05) is 61.6 Å². The molecule has 3 aromatic carbocycles. The van der Waals surface area contributed by atoms with Gasteiger partial charge in [-0.3, -0.25) is 0 Å². The zero-order valence-corrected chi connectivity index (χ0v) is 27.3. The van der Waals surface area contributed by atoms with Crippen LogP contribution in [0.3, 0.4) is 0 Å². The molecular formula is C38H39N5O5S+2. The number of pyridine rings is 1. The van der Waals surface area contributed by atoms with Crippen molar-refractivity contribution in [1.29, 1.82) is 0 Å². The first kappa shape index (κ1) is 32.7. The highest BCUT2D eigenvalue weighted by Crippen LogP contribution is 2.44. The number of rotatable bonds is 9. The lowest BCUT2D eigenvalue weighted by molar-refractivity contribution is -0.728. The van der Waals surface area contributed by atoms with Crippen molar-refractivity contribution in [2.75, 3.05) is 5.75 Å². The molecule has 0 radical (unpaired) electrons. The van der Waals surface area contributed by atoms with Crippen LogP contribution >= 0.6 is 0 Å². The van der Waals surface area contributed by atoms with E-state index < -0.39 is 21.7 Å². The average molecular weight is 678 g/mol. The van der Waals surface area contributed by atoms with Crippen LogP contribution in [0.2, 0.25) is 0 Å². The summed E-state index contributed by atoms with van der Waals surface area (Å²) in [5.41, 5.74) is 7.84. The summed E-state index contributed by atoms with van der Waals surface area (Å²) < 4.78 is 46.2. The number of unbranched alkanes of at least 4 members (excludes halogenated alkanes) is 1. The maximum atomic E-state index is 11.6. The lowest BCUT2D eigenvalue weighted by Crippen LogP contribution is -2.58. The molecule has 11 heteroatoms. The molecule has 250 valence electrons. The second-order valence-corrected chi connectivity index (χ2v) is 14.0. The summed E-state index contributed by atoms with van der Waals surface area (Å²) in [5.74, 6) is 7.53. The zero-order valence-electron chi connectivity index (χ0n) is 26.5. The molecule has 1 atom stereocenters. The van der Waals surface area contributed by atoms with E-state index in [1.54, 1.807) is 6.07 Å².